The molecule has 0 unspecified atom stereocenters. The molecule has 1 aromatic heterocycles. The maximum atomic E-state index is 12.4. The zero-order valence-corrected chi connectivity index (χ0v) is 16.8. The van der Waals surface area contributed by atoms with Crippen LogP contribution in [-0.2, 0) is 14.3 Å². The van der Waals surface area contributed by atoms with E-state index in [2.05, 4.69) is 4.98 Å². The molecular weight excluding hydrogens is 382 g/mol. The molecule has 1 heterocycles. The number of carbonyl (C=O) groups excluding carboxylic acids is 1. The van der Waals surface area contributed by atoms with E-state index in [0.29, 0.717) is 0 Å². The van der Waals surface area contributed by atoms with Crippen molar-refractivity contribution in [3.63, 3.8) is 0 Å². The molecule has 0 aliphatic heterocycles. The van der Waals surface area contributed by atoms with E-state index in [1.165, 1.54) is 11.3 Å². The van der Waals surface area contributed by atoms with Gasteiger partial charge in [-0.25, -0.2) is 9.78 Å². The van der Waals surface area contributed by atoms with Crippen molar-refractivity contribution < 1.29 is 14.3 Å². The number of nitrogens with zero attached hydrogens (tertiary/aromatic N) is 1. The highest BCUT2D eigenvalue weighted by Crippen LogP contribution is 2.29. The van der Waals surface area contributed by atoms with E-state index < -0.39 is 12.1 Å². The third kappa shape index (κ3) is 4.70. The van der Waals surface area contributed by atoms with Gasteiger partial charge in [0.05, 0.1) is 10.2 Å². The van der Waals surface area contributed by atoms with Crippen molar-refractivity contribution in [1.82, 2.24) is 4.98 Å². The van der Waals surface area contributed by atoms with Gasteiger partial charge in [0.2, 0.25) is 0 Å². The number of esters is 1. The van der Waals surface area contributed by atoms with E-state index in [1.54, 1.807) is 0 Å². The maximum Gasteiger partial charge on any atom is 0.332 e. The van der Waals surface area contributed by atoms with Gasteiger partial charge in [0.15, 0.2) is 6.10 Å². The van der Waals surface area contributed by atoms with Gasteiger partial charge in [-0.3, -0.25) is 0 Å². The fourth-order valence-corrected chi connectivity index (χ4v) is 4.09. The molecule has 0 aliphatic carbocycles. The Balaban J connectivity index is 1.42. The average molecular weight is 404 g/mol. The summed E-state index contributed by atoms with van der Waals surface area (Å²) >= 11 is 1.54. The van der Waals surface area contributed by atoms with Gasteiger partial charge in [0.25, 0.3) is 0 Å². The summed E-state index contributed by atoms with van der Waals surface area (Å²) in [6, 6.07) is 27.6. The molecule has 0 saturated heterocycles. The highest BCUT2D eigenvalue weighted by atomic mass is 32.1. The third-order valence-corrected chi connectivity index (χ3v) is 5.74. The van der Waals surface area contributed by atoms with Crippen molar-refractivity contribution in [2.45, 2.75) is 19.1 Å². The first-order chi connectivity index (χ1) is 14.2. The van der Waals surface area contributed by atoms with Crippen LogP contribution in [0.4, 0.5) is 0 Å². The molecule has 0 spiro atoms. The van der Waals surface area contributed by atoms with Crippen LogP contribution in [-0.4, -0.2) is 17.6 Å². The lowest BCUT2D eigenvalue weighted by Crippen LogP contribution is -2.18. The largest absolute Gasteiger partial charge is 0.454 e. The lowest BCUT2D eigenvalue weighted by molar-refractivity contribution is -0.155. The summed E-state index contributed by atoms with van der Waals surface area (Å²) in [5.74, 6) is -0.409. The topological polar surface area (TPSA) is 48.4 Å². The summed E-state index contributed by atoms with van der Waals surface area (Å²) in [5, 5.41) is 0.780. The Morgan fingerprint density at radius 3 is 2.10 bits per heavy atom. The summed E-state index contributed by atoms with van der Waals surface area (Å²) in [6.07, 6.45) is -0.752. The van der Waals surface area contributed by atoms with Crippen molar-refractivity contribution >= 4 is 27.5 Å². The molecule has 0 aliphatic rings. The zero-order valence-electron chi connectivity index (χ0n) is 16.0. The number of ether oxygens (including phenoxy) is 2. The van der Waals surface area contributed by atoms with Crippen LogP contribution in [0.5, 0.6) is 0 Å². The molecule has 0 amide bonds. The lowest BCUT2D eigenvalue weighted by atomic mass is 10.0. The zero-order chi connectivity index (χ0) is 20.1. The van der Waals surface area contributed by atoms with E-state index in [-0.39, 0.29) is 12.7 Å². The SMILES string of the molecule is C[C@H](OC(=O)COC(c1ccccc1)c1ccccc1)c1nc2ccccc2s1. The predicted octanol–water partition coefficient (Wildman–Crippen LogP) is 5.71. The second kappa shape index (κ2) is 8.99. The van der Waals surface area contributed by atoms with Crippen molar-refractivity contribution in [3.05, 3.63) is 101 Å². The number of hydrogen-bond acceptors (Lipinski definition) is 5. The Morgan fingerprint density at radius 1 is 0.897 bits per heavy atom. The highest BCUT2D eigenvalue weighted by Gasteiger charge is 2.20. The van der Waals surface area contributed by atoms with E-state index in [1.807, 2.05) is 91.9 Å². The summed E-state index contributed by atoms with van der Waals surface area (Å²) in [7, 11) is 0. The fourth-order valence-electron chi connectivity index (χ4n) is 3.14. The van der Waals surface area contributed by atoms with Crippen molar-refractivity contribution in [2.24, 2.45) is 0 Å². The van der Waals surface area contributed by atoms with Crippen LogP contribution >= 0.6 is 11.3 Å². The summed E-state index contributed by atoms with van der Waals surface area (Å²) in [5.41, 5.74) is 2.90. The molecule has 146 valence electrons. The van der Waals surface area contributed by atoms with Gasteiger partial charge in [-0.05, 0) is 30.2 Å². The molecule has 5 heteroatoms. The van der Waals surface area contributed by atoms with Crippen LogP contribution in [0.3, 0.4) is 0 Å². The third-order valence-electron chi connectivity index (χ3n) is 4.54. The Bertz CT molecular complexity index is 1010. The molecule has 1 atom stereocenters. The number of carbonyl (C=O) groups is 1. The Labute approximate surface area is 173 Å². The van der Waals surface area contributed by atoms with E-state index in [0.717, 1.165) is 26.4 Å². The lowest BCUT2D eigenvalue weighted by Gasteiger charge is -2.19. The van der Waals surface area contributed by atoms with Gasteiger partial charge >= 0.3 is 5.97 Å². The van der Waals surface area contributed by atoms with E-state index >= 15 is 0 Å². The molecule has 0 N–H and O–H groups in total. The van der Waals surface area contributed by atoms with Crippen LogP contribution in [0.2, 0.25) is 0 Å². The Hall–Kier alpha value is -3.02. The number of hydrogen-bond donors (Lipinski definition) is 0. The Kier molecular flexibility index (Phi) is 5.98. The first-order valence-corrected chi connectivity index (χ1v) is 10.3. The molecule has 4 aromatic rings. The highest BCUT2D eigenvalue weighted by molar-refractivity contribution is 7.18. The van der Waals surface area contributed by atoms with Crippen molar-refractivity contribution in [3.8, 4) is 0 Å². The monoisotopic (exact) mass is 403 g/mol. The maximum absolute atomic E-state index is 12.4. The minimum Gasteiger partial charge on any atom is -0.454 e. The van der Waals surface area contributed by atoms with Crippen LogP contribution < -0.4 is 0 Å². The van der Waals surface area contributed by atoms with Gasteiger partial charge in [-0.15, -0.1) is 11.3 Å². The molecule has 29 heavy (non-hydrogen) atoms. The van der Waals surface area contributed by atoms with Gasteiger partial charge < -0.3 is 9.47 Å². The molecule has 0 bridgehead atoms. The Morgan fingerprint density at radius 2 is 1.48 bits per heavy atom. The molecule has 0 saturated carbocycles. The number of fused-ring (bicyclic) bond motifs is 1. The summed E-state index contributed by atoms with van der Waals surface area (Å²) in [6.45, 7) is 1.70. The van der Waals surface area contributed by atoms with Crippen LogP contribution in [0.15, 0.2) is 84.9 Å². The van der Waals surface area contributed by atoms with Gasteiger partial charge in [-0.1, -0.05) is 72.8 Å². The number of benzene rings is 3. The van der Waals surface area contributed by atoms with Crippen molar-refractivity contribution in [2.75, 3.05) is 6.61 Å². The van der Waals surface area contributed by atoms with Crippen LogP contribution in [0, 0.1) is 0 Å². The van der Waals surface area contributed by atoms with Gasteiger partial charge in [0.1, 0.15) is 17.7 Å². The van der Waals surface area contributed by atoms with E-state index in [9.17, 15) is 4.79 Å². The number of rotatable bonds is 7. The molecule has 0 radical (unpaired) electrons. The van der Waals surface area contributed by atoms with Crippen molar-refractivity contribution in [1.29, 1.82) is 0 Å². The normalized spacial score (nSPS) is 12.2. The van der Waals surface area contributed by atoms with Crippen LogP contribution in [0.25, 0.3) is 10.2 Å². The van der Waals surface area contributed by atoms with Gasteiger partial charge in [0, 0.05) is 0 Å². The second-order valence-corrected chi connectivity index (χ2v) is 7.73. The van der Waals surface area contributed by atoms with E-state index in [4.69, 9.17) is 9.47 Å². The first kappa shape index (κ1) is 19.3. The average Bonchev–Trinajstić information content (AvgIpc) is 3.20. The second-order valence-electron chi connectivity index (χ2n) is 6.66. The first-order valence-electron chi connectivity index (χ1n) is 9.47. The quantitative estimate of drug-likeness (QED) is 0.371. The molecule has 4 nitrogen and oxygen atoms in total. The fraction of sp³-hybridized carbons (Fsp3) is 0.167. The minimum atomic E-state index is -0.421. The number of aromatic nitrogens is 1. The van der Waals surface area contributed by atoms with Gasteiger partial charge in [-0.2, -0.15) is 0 Å². The molecular formula is C24H21NO3S. The summed E-state index contributed by atoms with van der Waals surface area (Å²) < 4.78 is 12.6. The predicted molar refractivity (Wildman–Crippen MR) is 115 cm³/mol. The molecule has 3 aromatic carbocycles. The number of thiazole rings is 1. The smallest absolute Gasteiger partial charge is 0.332 e. The molecule has 4 rings (SSSR count). The van der Waals surface area contributed by atoms with Crippen LogP contribution in [0.1, 0.15) is 35.3 Å². The summed E-state index contributed by atoms with van der Waals surface area (Å²) in [4.78, 5) is 17.0. The molecule has 0 fully saturated rings. The minimum absolute atomic E-state index is 0.135. The standard InChI is InChI=1S/C24H21NO3S/c1-17(24-25-20-14-8-9-15-21(20)29-24)28-22(26)16-27-23(18-10-4-2-5-11-18)19-12-6-3-7-13-19/h2-15,17,23H,16H2,1H3/t17-/m0/s1. The number of para-hydroxylation sites is 1.